The first-order chi connectivity index (χ1) is 11.2. The van der Waals surface area contributed by atoms with E-state index in [1.165, 1.54) is 11.1 Å². The van der Waals surface area contributed by atoms with Crippen molar-refractivity contribution in [2.24, 2.45) is 5.92 Å². The van der Waals surface area contributed by atoms with Crippen LogP contribution in [0, 0.1) is 5.92 Å². The monoisotopic (exact) mass is 334 g/mol. The van der Waals surface area contributed by atoms with Crippen LogP contribution >= 0.6 is 0 Å². The third-order valence-electron chi connectivity index (χ3n) is 3.67. The molecule has 0 radical (unpaired) electrons. The lowest BCUT2D eigenvalue weighted by molar-refractivity contribution is 0.0521. The number of amides is 1. The summed E-state index contributed by atoms with van der Waals surface area (Å²) in [6, 6.07) is 8.91. The van der Waals surface area contributed by atoms with E-state index in [1.807, 2.05) is 20.8 Å². The third-order valence-corrected chi connectivity index (χ3v) is 3.67. The van der Waals surface area contributed by atoms with E-state index < -0.39 is 5.60 Å². The summed E-state index contributed by atoms with van der Waals surface area (Å²) in [7, 11) is 0. The quantitative estimate of drug-likeness (QED) is 0.746. The molecule has 0 saturated heterocycles. The highest BCUT2D eigenvalue weighted by Crippen LogP contribution is 2.09. The lowest BCUT2D eigenvalue weighted by Gasteiger charge is -2.24. The van der Waals surface area contributed by atoms with Gasteiger partial charge in [-0.05, 0) is 50.7 Å². The largest absolute Gasteiger partial charge is 0.444 e. The zero-order chi connectivity index (χ0) is 18.2. The van der Waals surface area contributed by atoms with Crippen molar-refractivity contribution in [2.45, 2.75) is 72.6 Å². The SMILES string of the molecule is CCc1ccc(CNC(CNC(=O)OC(C)(C)C)CC(C)C)cc1. The van der Waals surface area contributed by atoms with Crippen LogP contribution in [0.25, 0.3) is 0 Å². The summed E-state index contributed by atoms with van der Waals surface area (Å²) < 4.78 is 5.30. The third kappa shape index (κ3) is 8.92. The Morgan fingerprint density at radius 1 is 1.12 bits per heavy atom. The Balaban J connectivity index is 2.50. The molecule has 0 aliphatic rings. The number of alkyl carbamates (subject to hydrolysis) is 1. The van der Waals surface area contributed by atoms with Crippen molar-refractivity contribution >= 4 is 6.09 Å². The predicted molar refractivity (Wildman–Crippen MR) is 100 cm³/mol. The molecule has 0 saturated carbocycles. The maximum atomic E-state index is 11.8. The van der Waals surface area contributed by atoms with Crippen LogP contribution in [0.1, 0.15) is 59.1 Å². The van der Waals surface area contributed by atoms with Crippen LogP contribution in [0.3, 0.4) is 0 Å². The maximum absolute atomic E-state index is 11.8. The number of aryl methyl sites for hydroxylation is 1. The molecule has 136 valence electrons. The number of nitrogens with one attached hydrogen (secondary N) is 2. The van der Waals surface area contributed by atoms with E-state index in [0.29, 0.717) is 12.5 Å². The molecular weight excluding hydrogens is 300 g/mol. The Kier molecular flexibility index (Phi) is 8.26. The molecule has 4 heteroatoms. The minimum atomic E-state index is -0.466. The van der Waals surface area contributed by atoms with Crippen LogP contribution in [0.4, 0.5) is 4.79 Å². The summed E-state index contributed by atoms with van der Waals surface area (Å²) in [5.41, 5.74) is 2.15. The topological polar surface area (TPSA) is 50.4 Å². The molecule has 0 fully saturated rings. The van der Waals surface area contributed by atoms with Gasteiger partial charge in [0, 0.05) is 19.1 Å². The fraction of sp³-hybridized carbons (Fsp3) is 0.650. The summed E-state index contributed by atoms with van der Waals surface area (Å²) in [5.74, 6) is 0.561. The number of ether oxygens (including phenoxy) is 1. The molecule has 1 amide bonds. The summed E-state index contributed by atoms with van der Waals surface area (Å²) >= 11 is 0. The summed E-state index contributed by atoms with van der Waals surface area (Å²) in [5, 5.41) is 6.43. The number of hydrogen-bond donors (Lipinski definition) is 2. The molecule has 1 aromatic rings. The molecule has 0 heterocycles. The van der Waals surface area contributed by atoms with Crippen LogP contribution in [-0.4, -0.2) is 24.3 Å². The lowest BCUT2D eigenvalue weighted by Crippen LogP contribution is -2.43. The van der Waals surface area contributed by atoms with Gasteiger partial charge in [-0.3, -0.25) is 0 Å². The molecule has 2 N–H and O–H groups in total. The van der Waals surface area contributed by atoms with E-state index in [4.69, 9.17) is 4.74 Å². The highest BCUT2D eigenvalue weighted by molar-refractivity contribution is 5.67. The molecule has 4 nitrogen and oxygen atoms in total. The highest BCUT2D eigenvalue weighted by Gasteiger charge is 2.18. The van der Waals surface area contributed by atoms with Gasteiger partial charge in [0.05, 0.1) is 0 Å². The van der Waals surface area contributed by atoms with Gasteiger partial charge in [0.15, 0.2) is 0 Å². The molecule has 1 unspecified atom stereocenters. The van der Waals surface area contributed by atoms with E-state index in [2.05, 4.69) is 55.7 Å². The average molecular weight is 335 g/mol. The Hall–Kier alpha value is -1.55. The molecule has 1 atom stereocenters. The number of benzene rings is 1. The van der Waals surface area contributed by atoms with E-state index >= 15 is 0 Å². The van der Waals surface area contributed by atoms with Gasteiger partial charge >= 0.3 is 6.09 Å². The first-order valence-corrected chi connectivity index (χ1v) is 8.97. The van der Waals surface area contributed by atoms with Crippen LogP contribution in [0.2, 0.25) is 0 Å². The van der Waals surface area contributed by atoms with Crippen LogP contribution in [0.5, 0.6) is 0 Å². The minimum Gasteiger partial charge on any atom is -0.444 e. The Morgan fingerprint density at radius 3 is 2.21 bits per heavy atom. The Morgan fingerprint density at radius 2 is 1.71 bits per heavy atom. The fourth-order valence-corrected chi connectivity index (χ4v) is 2.48. The van der Waals surface area contributed by atoms with Crippen LogP contribution in [0.15, 0.2) is 24.3 Å². The van der Waals surface area contributed by atoms with Crippen molar-refractivity contribution < 1.29 is 9.53 Å². The minimum absolute atomic E-state index is 0.225. The van der Waals surface area contributed by atoms with Crippen molar-refractivity contribution in [1.29, 1.82) is 0 Å². The van der Waals surface area contributed by atoms with Crippen molar-refractivity contribution in [1.82, 2.24) is 10.6 Å². The lowest BCUT2D eigenvalue weighted by atomic mass is 10.0. The van der Waals surface area contributed by atoms with Gasteiger partial charge in [0.25, 0.3) is 0 Å². The second kappa shape index (κ2) is 9.67. The average Bonchev–Trinajstić information content (AvgIpc) is 2.48. The van der Waals surface area contributed by atoms with Gasteiger partial charge in [-0.25, -0.2) is 4.79 Å². The number of carbonyl (C=O) groups is 1. The molecule has 0 aromatic heterocycles. The van der Waals surface area contributed by atoms with Gasteiger partial charge in [-0.1, -0.05) is 45.0 Å². The van der Waals surface area contributed by atoms with Crippen LogP contribution < -0.4 is 10.6 Å². The highest BCUT2D eigenvalue weighted by atomic mass is 16.6. The molecule has 0 aliphatic heterocycles. The van der Waals surface area contributed by atoms with Crippen molar-refractivity contribution in [3.8, 4) is 0 Å². The van der Waals surface area contributed by atoms with Gasteiger partial charge < -0.3 is 15.4 Å². The van der Waals surface area contributed by atoms with Crippen molar-refractivity contribution in [2.75, 3.05) is 6.54 Å². The summed E-state index contributed by atoms with van der Waals surface area (Å²) in [6.45, 7) is 13.5. The number of carbonyl (C=O) groups excluding carboxylic acids is 1. The summed E-state index contributed by atoms with van der Waals surface area (Å²) in [4.78, 5) is 11.8. The Labute approximate surface area is 147 Å². The van der Waals surface area contributed by atoms with Gasteiger partial charge in [0.2, 0.25) is 0 Å². The Bertz CT molecular complexity index is 489. The van der Waals surface area contributed by atoms with Gasteiger partial charge in [-0.2, -0.15) is 0 Å². The summed E-state index contributed by atoms with van der Waals surface area (Å²) in [6.07, 6.45) is 1.71. The molecule has 1 rings (SSSR count). The predicted octanol–water partition coefficient (Wildman–Crippen LogP) is 4.28. The normalized spacial score (nSPS) is 13.0. The van der Waals surface area contributed by atoms with Gasteiger partial charge in [-0.15, -0.1) is 0 Å². The fourth-order valence-electron chi connectivity index (χ4n) is 2.48. The molecule has 0 spiro atoms. The smallest absolute Gasteiger partial charge is 0.407 e. The van der Waals surface area contributed by atoms with Crippen molar-refractivity contribution in [3.05, 3.63) is 35.4 Å². The van der Waals surface area contributed by atoms with Crippen LogP contribution in [-0.2, 0) is 17.7 Å². The van der Waals surface area contributed by atoms with E-state index in [-0.39, 0.29) is 12.1 Å². The zero-order valence-electron chi connectivity index (χ0n) is 16.1. The molecule has 24 heavy (non-hydrogen) atoms. The number of hydrogen-bond acceptors (Lipinski definition) is 3. The zero-order valence-corrected chi connectivity index (χ0v) is 16.1. The molecule has 0 bridgehead atoms. The first kappa shape index (κ1) is 20.5. The van der Waals surface area contributed by atoms with E-state index in [9.17, 15) is 4.79 Å². The molecule has 0 aliphatic carbocycles. The first-order valence-electron chi connectivity index (χ1n) is 8.97. The van der Waals surface area contributed by atoms with E-state index in [1.54, 1.807) is 0 Å². The molecule has 1 aromatic carbocycles. The van der Waals surface area contributed by atoms with Gasteiger partial charge in [0.1, 0.15) is 5.60 Å². The second-order valence-electron chi connectivity index (χ2n) is 7.76. The number of rotatable bonds is 8. The second-order valence-corrected chi connectivity index (χ2v) is 7.76. The van der Waals surface area contributed by atoms with Crippen molar-refractivity contribution in [3.63, 3.8) is 0 Å². The standard InChI is InChI=1S/C20H34N2O2/c1-7-16-8-10-17(11-9-16)13-21-18(12-15(2)3)14-22-19(23)24-20(4,5)6/h8-11,15,18,21H,7,12-14H2,1-6H3,(H,22,23). The van der Waals surface area contributed by atoms with E-state index in [0.717, 1.165) is 19.4 Å². The molecular formula is C20H34N2O2. The maximum Gasteiger partial charge on any atom is 0.407 e.